The molecule has 2 bridgehead atoms. The van der Waals surface area contributed by atoms with E-state index in [1.165, 1.54) is 12.0 Å². The van der Waals surface area contributed by atoms with Gasteiger partial charge in [-0.1, -0.05) is 63.5 Å². The molecule has 1 N–H and O–H groups in total. The van der Waals surface area contributed by atoms with E-state index >= 15 is 0 Å². The first kappa shape index (κ1) is 32.9. The van der Waals surface area contributed by atoms with Gasteiger partial charge in [0.25, 0.3) is 0 Å². The number of rotatable bonds is 6. The number of carbonyl (C=O) groups excluding carboxylic acids is 3. The molecule has 2 saturated carbocycles. The van der Waals surface area contributed by atoms with Crippen LogP contribution in [0.25, 0.3) is 10.9 Å². The summed E-state index contributed by atoms with van der Waals surface area (Å²) in [6.07, 6.45) is 8.58. The molecule has 10 nitrogen and oxygen atoms in total. The van der Waals surface area contributed by atoms with E-state index in [9.17, 15) is 14.4 Å². The number of benzene rings is 1. The molecule has 47 heavy (non-hydrogen) atoms. The second-order valence-corrected chi connectivity index (χ2v) is 13.8. The van der Waals surface area contributed by atoms with Crippen LogP contribution < -0.4 is 14.8 Å². The van der Waals surface area contributed by atoms with Crippen molar-refractivity contribution in [2.45, 2.75) is 115 Å². The van der Waals surface area contributed by atoms with Crippen LogP contribution in [0.15, 0.2) is 24.3 Å². The highest BCUT2D eigenvalue weighted by molar-refractivity contribution is 5.91. The van der Waals surface area contributed by atoms with Gasteiger partial charge in [-0.25, -0.2) is 14.6 Å². The number of unbranched alkanes of at least 4 members (excludes halogenated alkanes) is 1. The minimum Gasteiger partial charge on any atom is -0.491 e. The predicted octanol–water partition coefficient (Wildman–Crippen LogP) is 5.92. The summed E-state index contributed by atoms with van der Waals surface area (Å²) in [6.45, 7) is 4.83. The van der Waals surface area contributed by atoms with E-state index in [1.54, 1.807) is 0 Å². The molecular weight excluding hydrogens is 598 g/mol. The van der Waals surface area contributed by atoms with E-state index in [1.807, 2.05) is 24.3 Å². The number of alkyl carbamates (subject to hydrolysis) is 1. The number of esters is 1. The Hall–Kier alpha value is -4.00. The molecular formula is C37H47N3O7. The van der Waals surface area contributed by atoms with Crippen LogP contribution in [-0.4, -0.2) is 72.4 Å². The molecule has 0 spiro atoms. The number of carbonyl (C=O) groups is 3. The van der Waals surface area contributed by atoms with Crippen molar-refractivity contribution < 1.29 is 33.3 Å². The molecule has 2 aliphatic heterocycles. The molecule has 10 heteroatoms. The van der Waals surface area contributed by atoms with Crippen molar-refractivity contribution in [2.75, 3.05) is 20.3 Å². The van der Waals surface area contributed by atoms with Crippen LogP contribution in [0.4, 0.5) is 4.79 Å². The molecule has 3 heterocycles. The third-order valence-electron chi connectivity index (χ3n) is 10.3. The Labute approximate surface area is 277 Å². The fourth-order valence-electron chi connectivity index (χ4n) is 7.38. The molecule has 4 aliphatic rings. The number of para-hydroxylation sites is 1. The molecule has 1 saturated heterocycles. The number of hydrogen-bond donors (Lipinski definition) is 1. The standard InChI is InChI=1S/C37H47N3O7/c1-4-5-20-45-31-26-15-10-11-17-28(26)38-33-27(31)16-9-6-8-14-24-21-30(24)47-36(43)39-32(37(2)18-12-7-13-19-37)34(41)40-23-25(46-33)22-29(40)35(42)44-3/h10-11,15,17,24-25,29-30,32H,4-8,12-14,18-23H2,1-3H3,(H,39,43)/t24-,25-,29+,30-,32-/m1/s1. The number of nitrogens with one attached hydrogen (secondary N) is 1. The fourth-order valence-corrected chi connectivity index (χ4v) is 7.38. The molecule has 3 fully saturated rings. The molecule has 0 unspecified atom stereocenters. The zero-order valence-corrected chi connectivity index (χ0v) is 27.8. The highest BCUT2D eigenvalue weighted by Gasteiger charge is 2.50. The van der Waals surface area contributed by atoms with Crippen molar-refractivity contribution in [1.82, 2.24) is 15.2 Å². The Morgan fingerprint density at radius 2 is 1.94 bits per heavy atom. The van der Waals surface area contributed by atoms with Gasteiger partial charge in [-0.05, 0) is 62.0 Å². The van der Waals surface area contributed by atoms with Crippen molar-refractivity contribution in [1.29, 1.82) is 0 Å². The number of amides is 2. The van der Waals surface area contributed by atoms with Crippen molar-refractivity contribution in [3.05, 3.63) is 29.8 Å². The molecule has 6 rings (SSSR count). The summed E-state index contributed by atoms with van der Waals surface area (Å²) < 4.78 is 24.0. The van der Waals surface area contributed by atoms with Crippen molar-refractivity contribution >= 4 is 28.9 Å². The Morgan fingerprint density at radius 1 is 1.13 bits per heavy atom. The maximum atomic E-state index is 14.5. The lowest BCUT2D eigenvalue weighted by molar-refractivity contribution is -0.153. The van der Waals surface area contributed by atoms with Crippen LogP contribution in [0.5, 0.6) is 11.6 Å². The first-order valence-corrected chi connectivity index (χ1v) is 17.4. The summed E-state index contributed by atoms with van der Waals surface area (Å²) in [6, 6.07) is 6.04. The van der Waals surface area contributed by atoms with Gasteiger partial charge in [-0.2, -0.15) is 0 Å². The number of ether oxygens (including phenoxy) is 4. The monoisotopic (exact) mass is 645 g/mol. The largest absolute Gasteiger partial charge is 0.491 e. The van der Waals surface area contributed by atoms with Crippen LogP contribution in [0.3, 0.4) is 0 Å². The molecule has 5 atom stereocenters. The van der Waals surface area contributed by atoms with E-state index in [2.05, 4.69) is 31.0 Å². The van der Waals surface area contributed by atoms with E-state index < -0.39 is 35.7 Å². The number of aromatic nitrogens is 1. The summed E-state index contributed by atoms with van der Waals surface area (Å²) in [4.78, 5) is 47.3. The Balaban J connectivity index is 1.40. The second-order valence-electron chi connectivity index (χ2n) is 13.8. The summed E-state index contributed by atoms with van der Waals surface area (Å²) in [5.74, 6) is 7.03. The molecule has 2 amide bonds. The number of methoxy groups -OCH3 is 1. The third-order valence-corrected chi connectivity index (χ3v) is 10.3. The van der Waals surface area contributed by atoms with Gasteiger partial charge in [0.05, 0.1) is 25.8 Å². The summed E-state index contributed by atoms with van der Waals surface area (Å²) in [7, 11) is 1.32. The van der Waals surface area contributed by atoms with Gasteiger partial charge >= 0.3 is 12.1 Å². The van der Waals surface area contributed by atoms with Crippen LogP contribution >= 0.6 is 0 Å². The zero-order chi connectivity index (χ0) is 33.0. The average molecular weight is 646 g/mol. The van der Waals surface area contributed by atoms with E-state index in [4.69, 9.17) is 23.9 Å². The molecule has 1 aromatic carbocycles. The van der Waals surface area contributed by atoms with E-state index in [0.717, 1.165) is 69.6 Å². The van der Waals surface area contributed by atoms with Crippen LogP contribution in [-0.2, 0) is 19.1 Å². The topological polar surface area (TPSA) is 116 Å². The lowest BCUT2D eigenvalue weighted by Crippen LogP contribution is -2.58. The molecule has 1 aromatic heterocycles. The molecule has 252 valence electrons. The number of fused-ring (bicyclic) bond motifs is 5. The van der Waals surface area contributed by atoms with Gasteiger partial charge in [0.15, 0.2) is 0 Å². The molecule has 0 radical (unpaired) electrons. The van der Waals surface area contributed by atoms with Gasteiger partial charge in [-0.3, -0.25) is 4.79 Å². The van der Waals surface area contributed by atoms with Crippen molar-refractivity contribution in [3.63, 3.8) is 0 Å². The van der Waals surface area contributed by atoms with E-state index in [-0.39, 0.29) is 30.9 Å². The van der Waals surface area contributed by atoms with E-state index in [0.29, 0.717) is 35.7 Å². The zero-order valence-electron chi connectivity index (χ0n) is 27.8. The van der Waals surface area contributed by atoms with Crippen LogP contribution in [0.2, 0.25) is 0 Å². The normalized spacial score (nSPS) is 27.4. The predicted molar refractivity (Wildman–Crippen MR) is 176 cm³/mol. The van der Waals surface area contributed by atoms with Gasteiger partial charge < -0.3 is 29.2 Å². The second kappa shape index (κ2) is 14.4. The lowest BCUT2D eigenvalue weighted by atomic mass is 9.70. The summed E-state index contributed by atoms with van der Waals surface area (Å²) >= 11 is 0. The minimum atomic E-state index is -0.879. The Kier molecular flexibility index (Phi) is 10.1. The maximum absolute atomic E-state index is 14.5. The number of hydrogen-bond acceptors (Lipinski definition) is 8. The number of nitrogens with zero attached hydrogens (tertiary/aromatic N) is 2. The summed E-state index contributed by atoms with van der Waals surface area (Å²) in [5, 5.41) is 3.83. The van der Waals surface area contributed by atoms with Gasteiger partial charge in [0.1, 0.15) is 35.6 Å². The highest BCUT2D eigenvalue weighted by atomic mass is 16.6. The SMILES string of the molecule is CCCCOc1c2c(nc3ccccc13)O[C@@H]1C[C@@H](C(=O)OC)N(C1)C(=O)[C@H](C1(C)CCCCC1)NC(=O)O[C@@H]1C[C@H]1CCCC#C2. The van der Waals surface area contributed by atoms with Crippen molar-refractivity contribution in [2.24, 2.45) is 11.3 Å². The minimum absolute atomic E-state index is 0.125. The Morgan fingerprint density at radius 3 is 2.72 bits per heavy atom. The first-order valence-electron chi connectivity index (χ1n) is 17.4. The highest BCUT2D eigenvalue weighted by Crippen LogP contribution is 2.42. The fraction of sp³-hybridized carbons (Fsp3) is 0.622. The molecule has 2 aromatic rings. The maximum Gasteiger partial charge on any atom is 0.408 e. The first-order chi connectivity index (χ1) is 22.8. The van der Waals surface area contributed by atoms with Crippen molar-refractivity contribution in [3.8, 4) is 23.5 Å². The van der Waals surface area contributed by atoms with Gasteiger partial charge in [0.2, 0.25) is 11.8 Å². The smallest absolute Gasteiger partial charge is 0.408 e. The van der Waals surface area contributed by atoms with Gasteiger partial charge in [-0.15, -0.1) is 0 Å². The quantitative estimate of drug-likeness (QED) is 0.234. The van der Waals surface area contributed by atoms with Crippen LogP contribution in [0.1, 0.15) is 96.5 Å². The Bertz CT molecular complexity index is 1540. The lowest BCUT2D eigenvalue weighted by Gasteiger charge is -2.41. The number of pyridine rings is 1. The molecule has 2 aliphatic carbocycles. The van der Waals surface area contributed by atoms with Crippen LogP contribution in [0, 0.1) is 23.2 Å². The third kappa shape index (κ3) is 7.29. The van der Waals surface area contributed by atoms with Gasteiger partial charge in [0, 0.05) is 18.2 Å². The summed E-state index contributed by atoms with van der Waals surface area (Å²) in [5.41, 5.74) is 0.809. The average Bonchev–Trinajstić information content (AvgIpc) is 3.66.